The highest BCUT2D eigenvalue weighted by Gasteiger charge is 2.47. The predicted molar refractivity (Wildman–Crippen MR) is 99.7 cm³/mol. The lowest BCUT2D eigenvalue weighted by Gasteiger charge is -2.21. The third kappa shape index (κ3) is 3.61. The Bertz CT molecular complexity index is 932. The van der Waals surface area contributed by atoms with Gasteiger partial charge in [0.25, 0.3) is 5.91 Å². The van der Waals surface area contributed by atoms with Gasteiger partial charge in [0.15, 0.2) is 0 Å². The van der Waals surface area contributed by atoms with Crippen LogP contribution in [0.1, 0.15) is 29.0 Å². The Labute approximate surface area is 162 Å². The van der Waals surface area contributed by atoms with Crippen LogP contribution in [0.15, 0.2) is 41.1 Å². The summed E-state index contributed by atoms with van der Waals surface area (Å²) >= 11 is 6.02. The molecule has 2 aliphatic heterocycles. The van der Waals surface area contributed by atoms with E-state index >= 15 is 0 Å². The van der Waals surface area contributed by atoms with E-state index in [4.69, 9.17) is 16.1 Å². The zero-order valence-corrected chi connectivity index (χ0v) is 16.2. The van der Waals surface area contributed by atoms with Crippen LogP contribution in [-0.2, 0) is 16.6 Å². The second-order valence-corrected chi connectivity index (χ2v) is 9.60. The first-order valence-electron chi connectivity index (χ1n) is 8.88. The molecule has 2 aromatic rings. The molecule has 0 N–H and O–H groups in total. The highest BCUT2D eigenvalue weighted by Crippen LogP contribution is 2.35. The second kappa shape index (κ2) is 7.26. The Kier molecular flexibility index (Phi) is 4.96. The van der Waals surface area contributed by atoms with Crippen molar-refractivity contribution < 1.29 is 17.7 Å². The number of likely N-dealkylation sites (tertiary alicyclic amines) is 1. The number of hydrogen-bond donors (Lipinski definition) is 0. The Morgan fingerprint density at radius 3 is 2.81 bits per heavy atom. The molecule has 3 heterocycles. The van der Waals surface area contributed by atoms with E-state index in [9.17, 15) is 13.2 Å². The number of carbonyl (C=O) groups is 1. The second-order valence-electron chi connectivity index (χ2n) is 7.01. The molecule has 0 saturated carbocycles. The lowest BCUT2D eigenvalue weighted by molar-refractivity contribution is 0.0717. The number of rotatable bonds is 3. The van der Waals surface area contributed by atoms with E-state index in [0.29, 0.717) is 44.0 Å². The van der Waals surface area contributed by atoms with Crippen LogP contribution in [0.2, 0.25) is 5.02 Å². The van der Waals surface area contributed by atoms with Crippen LogP contribution in [0, 0.1) is 5.92 Å². The molecule has 0 spiro atoms. The minimum Gasteiger partial charge on any atom is -0.351 e. The molecule has 7 nitrogen and oxygen atoms in total. The largest absolute Gasteiger partial charge is 0.351 e. The van der Waals surface area contributed by atoms with E-state index in [1.54, 1.807) is 21.3 Å². The van der Waals surface area contributed by atoms with E-state index in [2.05, 4.69) is 5.16 Å². The maximum Gasteiger partial charge on any atom is 0.292 e. The standard InChI is InChI=1S/C18H20ClN3O4S/c19-15-3-1-2-13(10-15)11-22-12-14-5-8-21(9-6-17(14)27(22,24)25)18(23)16-4-7-20-26-16/h1-4,7,10,14,17H,5-6,8-9,11-12H2/t14-,17+/m0/s1. The monoisotopic (exact) mass is 409 g/mol. The van der Waals surface area contributed by atoms with Crippen molar-refractivity contribution >= 4 is 27.5 Å². The summed E-state index contributed by atoms with van der Waals surface area (Å²) in [6.45, 7) is 1.71. The van der Waals surface area contributed by atoms with E-state index in [1.165, 1.54) is 12.3 Å². The van der Waals surface area contributed by atoms with Gasteiger partial charge in [-0.05, 0) is 36.5 Å². The number of sulfonamides is 1. The van der Waals surface area contributed by atoms with Crippen molar-refractivity contribution in [2.45, 2.75) is 24.6 Å². The molecule has 1 aromatic heterocycles. The third-order valence-corrected chi connectivity index (χ3v) is 7.96. The van der Waals surface area contributed by atoms with Gasteiger partial charge in [0, 0.05) is 37.3 Å². The number of benzene rings is 1. The van der Waals surface area contributed by atoms with Crippen molar-refractivity contribution in [1.29, 1.82) is 0 Å². The molecule has 9 heteroatoms. The van der Waals surface area contributed by atoms with Crippen LogP contribution in [-0.4, -0.2) is 53.6 Å². The van der Waals surface area contributed by atoms with Crippen LogP contribution in [0.5, 0.6) is 0 Å². The summed E-state index contributed by atoms with van der Waals surface area (Å²) in [5.74, 6) is -0.0325. The number of halogens is 1. The van der Waals surface area contributed by atoms with E-state index in [-0.39, 0.29) is 17.6 Å². The average molecular weight is 410 g/mol. The Balaban J connectivity index is 1.47. The van der Waals surface area contributed by atoms with Gasteiger partial charge in [-0.15, -0.1) is 0 Å². The molecule has 27 heavy (non-hydrogen) atoms. The highest BCUT2D eigenvalue weighted by atomic mass is 35.5. The lowest BCUT2D eigenvalue weighted by Crippen LogP contribution is -2.34. The SMILES string of the molecule is O=C(c1ccno1)N1CC[C@H]2CN(Cc3cccc(Cl)c3)S(=O)(=O)[C@@H]2CC1. The van der Waals surface area contributed by atoms with Gasteiger partial charge >= 0.3 is 0 Å². The van der Waals surface area contributed by atoms with Gasteiger partial charge in [-0.1, -0.05) is 28.9 Å². The summed E-state index contributed by atoms with van der Waals surface area (Å²) in [4.78, 5) is 14.1. The normalized spacial score (nSPS) is 25.1. The minimum atomic E-state index is -3.41. The first kappa shape index (κ1) is 18.5. The molecular weight excluding hydrogens is 390 g/mol. The zero-order chi connectivity index (χ0) is 19.0. The number of carbonyl (C=O) groups excluding carboxylic acids is 1. The van der Waals surface area contributed by atoms with Gasteiger partial charge < -0.3 is 9.42 Å². The zero-order valence-electron chi connectivity index (χ0n) is 14.6. The molecule has 0 aliphatic carbocycles. The van der Waals surface area contributed by atoms with Crippen LogP contribution in [0.4, 0.5) is 0 Å². The topological polar surface area (TPSA) is 83.7 Å². The Hall–Kier alpha value is -1.90. The van der Waals surface area contributed by atoms with E-state index < -0.39 is 15.3 Å². The Morgan fingerprint density at radius 2 is 2.07 bits per heavy atom. The first-order valence-corrected chi connectivity index (χ1v) is 10.8. The number of amides is 1. The molecule has 2 aliphatic rings. The first-order chi connectivity index (χ1) is 12.9. The maximum atomic E-state index is 13.0. The number of hydrogen-bond acceptors (Lipinski definition) is 5. The minimum absolute atomic E-state index is 0.0155. The number of aromatic nitrogens is 1. The van der Waals surface area contributed by atoms with Crippen LogP contribution in [0.3, 0.4) is 0 Å². The van der Waals surface area contributed by atoms with Gasteiger partial charge in [0.1, 0.15) is 0 Å². The van der Waals surface area contributed by atoms with Crippen LogP contribution in [0.25, 0.3) is 0 Å². The lowest BCUT2D eigenvalue weighted by atomic mass is 10.0. The molecule has 144 valence electrons. The molecule has 2 fully saturated rings. The van der Waals surface area contributed by atoms with Crippen molar-refractivity contribution in [3.63, 3.8) is 0 Å². The van der Waals surface area contributed by atoms with Crippen LogP contribution < -0.4 is 0 Å². The van der Waals surface area contributed by atoms with E-state index in [0.717, 1.165) is 5.56 Å². The summed E-state index contributed by atoms with van der Waals surface area (Å²) in [6.07, 6.45) is 2.51. The molecular formula is C18H20ClN3O4S. The van der Waals surface area contributed by atoms with Gasteiger partial charge in [0.2, 0.25) is 15.8 Å². The fourth-order valence-corrected chi connectivity index (χ4v) is 6.41. The third-order valence-electron chi connectivity index (χ3n) is 5.34. The van der Waals surface area contributed by atoms with Crippen molar-refractivity contribution in [1.82, 2.24) is 14.4 Å². The number of fused-ring (bicyclic) bond motifs is 1. The number of nitrogens with zero attached hydrogens (tertiary/aromatic N) is 3. The summed E-state index contributed by atoms with van der Waals surface area (Å²) in [7, 11) is -3.41. The molecule has 0 bridgehead atoms. The Morgan fingerprint density at radius 1 is 1.26 bits per heavy atom. The van der Waals surface area contributed by atoms with Gasteiger partial charge in [-0.2, -0.15) is 4.31 Å². The van der Waals surface area contributed by atoms with Crippen molar-refractivity contribution in [2.24, 2.45) is 5.92 Å². The predicted octanol–water partition coefficient (Wildman–Crippen LogP) is 2.39. The van der Waals surface area contributed by atoms with Crippen LogP contribution >= 0.6 is 11.6 Å². The summed E-state index contributed by atoms with van der Waals surface area (Å²) in [5, 5.41) is 3.71. The molecule has 4 rings (SSSR count). The molecule has 0 unspecified atom stereocenters. The quantitative estimate of drug-likeness (QED) is 0.777. The summed E-state index contributed by atoms with van der Waals surface area (Å²) in [5.41, 5.74) is 0.879. The van der Waals surface area contributed by atoms with Crippen molar-refractivity contribution in [3.05, 3.63) is 52.9 Å². The molecule has 1 amide bonds. The summed E-state index contributed by atoms with van der Waals surface area (Å²) < 4.78 is 32.6. The highest BCUT2D eigenvalue weighted by molar-refractivity contribution is 7.90. The summed E-state index contributed by atoms with van der Waals surface area (Å²) in [6, 6.07) is 8.80. The fourth-order valence-electron chi connectivity index (χ4n) is 3.97. The van der Waals surface area contributed by atoms with Gasteiger partial charge in [-0.3, -0.25) is 4.79 Å². The van der Waals surface area contributed by atoms with Gasteiger partial charge in [-0.25, -0.2) is 8.42 Å². The van der Waals surface area contributed by atoms with Crippen molar-refractivity contribution in [2.75, 3.05) is 19.6 Å². The van der Waals surface area contributed by atoms with Gasteiger partial charge in [0.05, 0.1) is 11.4 Å². The average Bonchev–Trinajstić information content (AvgIpc) is 3.17. The smallest absolute Gasteiger partial charge is 0.292 e. The molecule has 1 aromatic carbocycles. The maximum absolute atomic E-state index is 13.0. The molecule has 0 radical (unpaired) electrons. The fraction of sp³-hybridized carbons (Fsp3) is 0.444. The van der Waals surface area contributed by atoms with Crippen molar-refractivity contribution in [3.8, 4) is 0 Å². The molecule has 2 atom stereocenters. The molecule has 2 saturated heterocycles. The van der Waals surface area contributed by atoms with E-state index in [1.807, 2.05) is 12.1 Å².